The number of carbonyl (C=O) groups is 1. The van der Waals surface area contributed by atoms with Gasteiger partial charge in [-0.3, -0.25) is 14.9 Å². The van der Waals surface area contributed by atoms with Crippen LogP contribution in [0.3, 0.4) is 0 Å². The molecule has 8 heteroatoms. The van der Waals surface area contributed by atoms with E-state index in [1.807, 2.05) is 0 Å². The number of carbonyl (C=O) groups excluding carboxylic acids is 1. The maximum Gasteiger partial charge on any atom is 0.312 e. The third kappa shape index (κ3) is 3.94. The number of nitro groups is 1. The van der Waals surface area contributed by atoms with Gasteiger partial charge in [-0.05, 0) is 18.9 Å². The Morgan fingerprint density at radius 2 is 2.09 bits per heavy atom. The van der Waals surface area contributed by atoms with Crippen molar-refractivity contribution >= 4 is 29.4 Å². The van der Waals surface area contributed by atoms with Gasteiger partial charge in [0.15, 0.2) is 0 Å². The molecule has 7 nitrogen and oxygen atoms in total. The summed E-state index contributed by atoms with van der Waals surface area (Å²) < 4.78 is 0. The molecule has 2 rings (SSSR count). The van der Waals surface area contributed by atoms with E-state index in [0.717, 1.165) is 44.4 Å². The third-order valence-corrected chi connectivity index (χ3v) is 3.85. The number of nitro benzene ring substituents is 1. The second-order valence-corrected chi connectivity index (χ2v) is 5.63. The molecule has 1 amide bonds. The quantitative estimate of drug-likeness (QED) is 0.504. The molecule has 1 aliphatic rings. The van der Waals surface area contributed by atoms with Gasteiger partial charge in [0, 0.05) is 22.6 Å². The SMILES string of the molecule is O=C(N/N=C/c1cc(Cl)cc([N+](=O)[O-])c1O)C1CCCCC1. The Kier molecular flexibility index (Phi) is 5.32. The van der Waals surface area contributed by atoms with E-state index in [4.69, 9.17) is 11.6 Å². The molecule has 1 aliphatic carbocycles. The van der Waals surface area contributed by atoms with Crippen molar-refractivity contribution in [2.24, 2.45) is 11.0 Å². The predicted molar refractivity (Wildman–Crippen MR) is 82.1 cm³/mol. The minimum Gasteiger partial charge on any atom is -0.502 e. The number of phenols is 1. The zero-order chi connectivity index (χ0) is 16.1. The Morgan fingerprint density at radius 1 is 1.41 bits per heavy atom. The first-order valence-electron chi connectivity index (χ1n) is 6.99. The number of hydrogen-bond donors (Lipinski definition) is 2. The molecule has 0 spiro atoms. The molecule has 0 atom stereocenters. The smallest absolute Gasteiger partial charge is 0.312 e. The number of nitrogens with zero attached hydrogens (tertiary/aromatic N) is 2. The average molecular weight is 326 g/mol. The topological polar surface area (TPSA) is 105 Å². The molecule has 0 aromatic heterocycles. The van der Waals surface area contributed by atoms with Crippen molar-refractivity contribution in [2.45, 2.75) is 32.1 Å². The van der Waals surface area contributed by atoms with Crippen molar-refractivity contribution in [2.75, 3.05) is 0 Å². The predicted octanol–water partition coefficient (Wildman–Crippen LogP) is 2.98. The molecule has 1 aromatic rings. The molecule has 1 fully saturated rings. The Hall–Kier alpha value is -2.15. The van der Waals surface area contributed by atoms with Crippen molar-refractivity contribution in [1.29, 1.82) is 0 Å². The molecule has 0 heterocycles. The molecule has 0 unspecified atom stereocenters. The molecular formula is C14H16ClN3O4. The molecule has 118 valence electrons. The second-order valence-electron chi connectivity index (χ2n) is 5.19. The first-order chi connectivity index (χ1) is 10.5. The normalized spacial score (nSPS) is 15.9. The fourth-order valence-corrected chi connectivity index (χ4v) is 2.69. The van der Waals surface area contributed by atoms with Gasteiger partial charge < -0.3 is 5.11 Å². The number of hydrogen-bond acceptors (Lipinski definition) is 5. The van der Waals surface area contributed by atoms with Crippen LogP contribution in [0.15, 0.2) is 17.2 Å². The van der Waals surface area contributed by atoms with Crippen LogP contribution < -0.4 is 5.43 Å². The summed E-state index contributed by atoms with van der Waals surface area (Å²) in [6.45, 7) is 0. The highest BCUT2D eigenvalue weighted by Crippen LogP contribution is 2.32. The summed E-state index contributed by atoms with van der Waals surface area (Å²) in [4.78, 5) is 21.9. The van der Waals surface area contributed by atoms with Gasteiger partial charge in [-0.25, -0.2) is 5.43 Å². The van der Waals surface area contributed by atoms with Gasteiger partial charge >= 0.3 is 5.69 Å². The highest BCUT2D eigenvalue weighted by atomic mass is 35.5. The van der Waals surface area contributed by atoms with Gasteiger partial charge in [0.2, 0.25) is 11.7 Å². The lowest BCUT2D eigenvalue weighted by molar-refractivity contribution is -0.385. The summed E-state index contributed by atoms with van der Waals surface area (Å²) in [6.07, 6.45) is 6.04. The number of amides is 1. The van der Waals surface area contributed by atoms with Gasteiger partial charge in [-0.15, -0.1) is 0 Å². The van der Waals surface area contributed by atoms with Crippen LogP contribution in [0.1, 0.15) is 37.7 Å². The van der Waals surface area contributed by atoms with Crippen molar-refractivity contribution in [3.8, 4) is 5.75 Å². The molecule has 0 aliphatic heterocycles. The lowest BCUT2D eigenvalue weighted by Gasteiger charge is -2.19. The Morgan fingerprint density at radius 3 is 2.73 bits per heavy atom. The Bertz CT molecular complexity index is 612. The van der Waals surface area contributed by atoms with Crippen LogP contribution in [0.5, 0.6) is 5.75 Å². The van der Waals surface area contributed by atoms with Crippen LogP contribution in [0.4, 0.5) is 5.69 Å². The Balaban J connectivity index is 2.06. The van der Waals surface area contributed by atoms with Gasteiger partial charge in [-0.2, -0.15) is 5.10 Å². The van der Waals surface area contributed by atoms with Crippen molar-refractivity contribution in [3.63, 3.8) is 0 Å². The lowest BCUT2D eigenvalue weighted by Crippen LogP contribution is -2.28. The van der Waals surface area contributed by atoms with Gasteiger partial charge in [0.05, 0.1) is 11.1 Å². The fourth-order valence-electron chi connectivity index (χ4n) is 2.46. The van der Waals surface area contributed by atoms with Crippen LogP contribution in [-0.2, 0) is 4.79 Å². The summed E-state index contributed by atoms with van der Waals surface area (Å²) in [5, 5.41) is 24.4. The zero-order valence-electron chi connectivity index (χ0n) is 11.8. The summed E-state index contributed by atoms with van der Waals surface area (Å²) in [5.74, 6) is -0.759. The third-order valence-electron chi connectivity index (χ3n) is 3.64. The number of phenolic OH excluding ortho intramolecular Hbond substituents is 1. The first-order valence-corrected chi connectivity index (χ1v) is 7.36. The van der Waals surface area contributed by atoms with Gasteiger partial charge in [0.1, 0.15) is 0 Å². The van der Waals surface area contributed by atoms with Crippen LogP contribution in [0.2, 0.25) is 5.02 Å². The number of benzene rings is 1. The van der Waals surface area contributed by atoms with E-state index in [1.54, 1.807) is 0 Å². The Labute approximate surface area is 132 Å². The standard InChI is InChI=1S/C14H16ClN3O4/c15-11-6-10(13(19)12(7-11)18(21)22)8-16-17-14(20)9-4-2-1-3-5-9/h6-9,19H,1-5H2,(H,17,20)/b16-8+. The highest BCUT2D eigenvalue weighted by molar-refractivity contribution is 6.31. The minimum atomic E-state index is -0.737. The number of rotatable bonds is 4. The summed E-state index contributed by atoms with van der Waals surface area (Å²) >= 11 is 5.76. The van der Waals surface area contributed by atoms with Crippen LogP contribution in [-0.4, -0.2) is 22.2 Å². The van der Waals surface area contributed by atoms with Crippen LogP contribution in [0.25, 0.3) is 0 Å². The van der Waals surface area contributed by atoms with Crippen LogP contribution in [0, 0.1) is 16.0 Å². The molecule has 2 N–H and O–H groups in total. The monoisotopic (exact) mass is 325 g/mol. The second kappa shape index (κ2) is 7.22. The number of nitrogens with one attached hydrogen (secondary N) is 1. The summed E-state index contributed by atoms with van der Waals surface area (Å²) in [5.41, 5.74) is 1.97. The van der Waals surface area contributed by atoms with Gasteiger partial charge in [-0.1, -0.05) is 30.9 Å². The lowest BCUT2D eigenvalue weighted by atomic mass is 9.89. The van der Waals surface area contributed by atoms with E-state index in [1.165, 1.54) is 6.07 Å². The van der Waals surface area contributed by atoms with E-state index in [2.05, 4.69) is 10.5 Å². The van der Waals surface area contributed by atoms with Gasteiger partial charge in [0.25, 0.3) is 0 Å². The number of halogens is 1. The maximum absolute atomic E-state index is 11.9. The number of aromatic hydroxyl groups is 1. The van der Waals surface area contributed by atoms with E-state index in [9.17, 15) is 20.0 Å². The molecule has 0 saturated heterocycles. The molecule has 22 heavy (non-hydrogen) atoms. The largest absolute Gasteiger partial charge is 0.502 e. The molecule has 1 saturated carbocycles. The number of hydrazone groups is 1. The maximum atomic E-state index is 11.9. The molecule has 1 aromatic carbocycles. The highest BCUT2D eigenvalue weighted by Gasteiger charge is 2.21. The van der Waals surface area contributed by atoms with E-state index < -0.39 is 16.4 Å². The zero-order valence-corrected chi connectivity index (χ0v) is 12.5. The average Bonchev–Trinajstić information content (AvgIpc) is 2.50. The first kappa shape index (κ1) is 16.2. The fraction of sp³-hybridized carbons (Fsp3) is 0.429. The molecule has 0 radical (unpaired) electrons. The van der Waals surface area contributed by atoms with E-state index >= 15 is 0 Å². The van der Waals surface area contributed by atoms with E-state index in [-0.39, 0.29) is 22.4 Å². The van der Waals surface area contributed by atoms with Crippen molar-refractivity contribution < 1.29 is 14.8 Å². The molecular weight excluding hydrogens is 310 g/mol. The van der Waals surface area contributed by atoms with E-state index in [0.29, 0.717) is 0 Å². The van der Waals surface area contributed by atoms with Crippen molar-refractivity contribution in [1.82, 2.24) is 5.43 Å². The molecule has 0 bridgehead atoms. The minimum absolute atomic E-state index is 0.0480. The summed E-state index contributed by atoms with van der Waals surface area (Å²) in [6, 6.07) is 2.38. The van der Waals surface area contributed by atoms with Crippen LogP contribution >= 0.6 is 11.6 Å². The summed E-state index contributed by atoms with van der Waals surface area (Å²) in [7, 11) is 0. The van der Waals surface area contributed by atoms with Crippen molar-refractivity contribution in [3.05, 3.63) is 32.8 Å².